The summed E-state index contributed by atoms with van der Waals surface area (Å²) in [6, 6.07) is 0. The highest BCUT2D eigenvalue weighted by Crippen LogP contribution is 2.25. The van der Waals surface area contributed by atoms with Gasteiger partial charge in [-0.25, -0.2) is 0 Å². The van der Waals surface area contributed by atoms with E-state index in [0.29, 0.717) is 12.5 Å². The number of rotatable bonds is 3. The van der Waals surface area contributed by atoms with Crippen LogP contribution in [0.4, 0.5) is 0 Å². The zero-order valence-corrected chi connectivity index (χ0v) is 7.40. The monoisotopic (exact) mass is 155 g/mol. The summed E-state index contributed by atoms with van der Waals surface area (Å²) in [6.07, 6.45) is 8.61. The van der Waals surface area contributed by atoms with Gasteiger partial charge in [-0.15, -0.1) is 0 Å². The SMILES string of the molecule is CCCC1=CCC(C[OH2+])CC1. The van der Waals surface area contributed by atoms with Crippen LogP contribution in [0, 0.1) is 5.92 Å². The molecule has 11 heavy (non-hydrogen) atoms. The topological polar surface area (TPSA) is 22.9 Å². The van der Waals surface area contributed by atoms with E-state index in [9.17, 15) is 0 Å². The van der Waals surface area contributed by atoms with Crippen molar-refractivity contribution in [1.82, 2.24) is 0 Å². The molecule has 0 aromatic heterocycles. The van der Waals surface area contributed by atoms with E-state index in [1.54, 1.807) is 5.57 Å². The molecular formula is C10H19O+. The van der Waals surface area contributed by atoms with E-state index >= 15 is 0 Å². The Morgan fingerprint density at radius 1 is 1.64 bits per heavy atom. The molecule has 1 aliphatic carbocycles. The Bertz CT molecular complexity index is 138. The third-order valence-electron chi connectivity index (χ3n) is 2.47. The average molecular weight is 155 g/mol. The second kappa shape index (κ2) is 4.55. The summed E-state index contributed by atoms with van der Waals surface area (Å²) in [5.74, 6) is 0.663. The molecule has 1 nitrogen and oxygen atoms in total. The second-order valence-electron chi connectivity index (χ2n) is 3.46. The van der Waals surface area contributed by atoms with Crippen LogP contribution in [0.1, 0.15) is 39.0 Å². The molecule has 0 aromatic carbocycles. The van der Waals surface area contributed by atoms with Crippen molar-refractivity contribution < 1.29 is 5.11 Å². The van der Waals surface area contributed by atoms with Gasteiger partial charge in [0.25, 0.3) is 0 Å². The van der Waals surface area contributed by atoms with Crippen molar-refractivity contribution in [3.05, 3.63) is 11.6 Å². The third-order valence-corrected chi connectivity index (χ3v) is 2.47. The molecule has 0 aromatic rings. The first-order chi connectivity index (χ1) is 5.36. The van der Waals surface area contributed by atoms with Gasteiger partial charge >= 0.3 is 0 Å². The van der Waals surface area contributed by atoms with Gasteiger partial charge in [-0.3, -0.25) is 0 Å². The van der Waals surface area contributed by atoms with Crippen LogP contribution in [0.15, 0.2) is 11.6 Å². The van der Waals surface area contributed by atoms with Crippen molar-refractivity contribution in [2.75, 3.05) is 6.61 Å². The highest BCUT2D eigenvalue weighted by molar-refractivity contribution is 5.06. The zero-order valence-electron chi connectivity index (χ0n) is 7.40. The molecule has 0 amide bonds. The van der Waals surface area contributed by atoms with Gasteiger partial charge in [-0.05, 0) is 25.7 Å². The summed E-state index contributed by atoms with van der Waals surface area (Å²) >= 11 is 0. The van der Waals surface area contributed by atoms with Gasteiger partial charge in [-0.2, -0.15) is 0 Å². The summed E-state index contributed by atoms with van der Waals surface area (Å²) in [7, 11) is 0. The van der Waals surface area contributed by atoms with Gasteiger partial charge in [0.2, 0.25) is 0 Å². The predicted octanol–water partition coefficient (Wildman–Crippen LogP) is 2.24. The van der Waals surface area contributed by atoms with Crippen molar-refractivity contribution in [3.8, 4) is 0 Å². The van der Waals surface area contributed by atoms with Crippen molar-refractivity contribution >= 4 is 0 Å². The molecule has 0 heterocycles. The minimum Gasteiger partial charge on any atom is -0.445 e. The Labute approximate surface area is 69.1 Å². The normalized spacial score (nSPS) is 24.9. The molecule has 0 bridgehead atoms. The minimum absolute atomic E-state index is 0.621. The van der Waals surface area contributed by atoms with E-state index in [-0.39, 0.29) is 0 Å². The molecule has 64 valence electrons. The summed E-state index contributed by atoms with van der Waals surface area (Å²) < 4.78 is 0. The van der Waals surface area contributed by atoms with Crippen molar-refractivity contribution in [2.45, 2.75) is 39.0 Å². The van der Waals surface area contributed by atoms with Crippen molar-refractivity contribution in [3.63, 3.8) is 0 Å². The first-order valence-corrected chi connectivity index (χ1v) is 4.69. The van der Waals surface area contributed by atoms with E-state index in [4.69, 9.17) is 5.11 Å². The quantitative estimate of drug-likeness (QED) is 0.441. The van der Waals surface area contributed by atoms with Crippen LogP contribution in [0.5, 0.6) is 0 Å². The third kappa shape index (κ3) is 2.66. The molecule has 1 heteroatoms. The second-order valence-corrected chi connectivity index (χ2v) is 3.46. The van der Waals surface area contributed by atoms with Gasteiger partial charge < -0.3 is 5.11 Å². The van der Waals surface area contributed by atoms with Crippen LogP contribution in [0.3, 0.4) is 0 Å². The fraction of sp³-hybridized carbons (Fsp3) is 0.800. The maximum Gasteiger partial charge on any atom is 0.146 e. The molecule has 2 N–H and O–H groups in total. The van der Waals surface area contributed by atoms with E-state index in [1.807, 2.05) is 0 Å². The van der Waals surface area contributed by atoms with E-state index in [2.05, 4.69) is 13.0 Å². The molecule has 1 atom stereocenters. The molecular weight excluding hydrogens is 136 g/mol. The molecule has 1 aliphatic rings. The Balaban J connectivity index is 2.31. The fourth-order valence-electron chi connectivity index (χ4n) is 1.68. The van der Waals surface area contributed by atoms with Crippen LogP contribution < -0.4 is 0 Å². The van der Waals surface area contributed by atoms with Crippen LogP contribution >= 0.6 is 0 Å². The number of hydrogen-bond donors (Lipinski definition) is 0. The van der Waals surface area contributed by atoms with E-state index in [1.165, 1.54) is 32.1 Å². The molecule has 0 radical (unpaired) electrons. The van der Waals surface area contributed by atoms with Gasteiger partial charge in [0.15, 0.2) is 0 Å². The summed E-state index contributed by atoms with van der Waals surface area (Å²) in [5.41, 5.74) is 1.64. The van der Waals surface area contributed by atoms with Crippen molar-refractivity contribution in [1.29, 1.82) is 0 Å². The standard InChI is InChI=1S/C10H18O/c1-2-3-9-4-6-10(8-11)7-5-9/h4,10-11H,2-3,5-8H2,1H3/p+1. The van der Waals surface area contributed by atoms with Gasteiger partial charge in [0, 0.05) is 5.92 Å². The molecule has 0 saturated carbocycles. The largest absolute Gasteiger partial charge is 0.445 e. The molecule has 0 saturated heterocycles. The maximum absolute atomic E-state index is 7.24. The van der Waals surface area contributed by atoms with Crippen LogP contribution in [0.2, 0.25) is 0 Å². The number of hydrogen-bond acceptors (Lipinski definition) is 0. The first-order valence-electron chi connectivity index (χ1n) is 4.69. The maximum atomic E-state index is 7.24. The minimum atomic E-state index is 0.621. The summed E-state index contributed by atoms with van der Waals surface area (Å²) in [6.45, 7) is 2.85. The Morgan fingerprint density at radius 3 is 2.91 bits per heavy atom. The molecule has 1 rings (SSSR count). The smallest absolute Gasteiger partial charge is 0.146 e. The Kier molecular flexibility index (Phi) is 3.64. The van der Waals surface area contributed by atoms with Crippen LogP contribution in [0.25, 0.3) is 0 Å². The Hall–Kier alpha value is -0.300. The lowest BCUT2D eigenvalue weighted by atomic mass is 9.88. The van der Waals surface area contributed by atoms with Gasteiger partial charge in [0.1, 0.15) is 6.61 Å². The van der Waals surface area contributed by atoms with Crippen LogP contribution in [-0.2, 0) is 0 Å². The van der Waals surface area contributed by atoms with E-state index < -0.39 is 0 Å². The molecule has 1 unspecified atom stereocenters. The molecule has 0 spiro atoms. The van der Waals surface area contributed by atoms with Gasteiger partial charge in [-0.1, -0.05) is 25.0 Å². The lowest BCUT2D eigenvalue weighted by Crippen LogP contribution is -2.09. The first kappa shape index (κ1) is 8.79. The van der Waals surface area contributed by atoms with Crippen LogP contribution in [-0.4, -0.2) is 11.7 Å². The molecule has 0 aliphatic heterocycles. The lowest BCUT2D eigenvalue weighted by molar-refractivity contribution is 0.215. The summed E-state index contributed by atoms with van der Waals surface area (Å²) in [4.78, 5) is 0. The fourth-order valence-corrected chi connectivity index (χ4v) is 1.68. The highest BCUT2D eigenvalue weighted by atomic mass is 16.3. The van der Waals surface area contributed by atoms with E-state index in [0.717, 1.165) is 0 Å². The highest BCUT2D eigenvalue weighted by Gasteiger charge is 2.14. The Morgan fingerprint density at radius 2 is 2.45 bits per heavy atom. The van der Waals surface area contributed by atoms with Crippen molar-refractivity contribution in [2.24, 2.45) is 5.92 Å². The summed E-state index contributed by atoms with van der Waals surface area (Å²) in [5, 5.41) is 7.24. The van der Waals surface area contributed by atoms with Gasteiger partial charge in [0.05, 0.1) is 0 Å². The average Bonchev–Trinajstić information content (AvgIpc) is 2.07. The lowest BCUT2D eigenvalue weighted by Gasteiger charge is -2.17. The number of allylic oxidation sites excluding steroid dienone is 2. The predicted molar refractivity (Wildman–Crippen MR) is 48.8 cm³/mol. The molecule has 0 fully saturated rings. The zero-order chi connectivity index (χ0) is 8.10.